The van der Waals surface area contributed by atoms with E-state index < -0.39 is 0 Å². The van der Waals surface area contributed by atoms with Crippen molar-refractivity contribution in [1.29, 1.82) is 0 Å². The first-order valence-electron chi connectivity index (χ1n) is 8.54. The number of carbonyl (C=O) groups is 2. The van der Waals surface area contributed by atoms with Gasteiger partial charge in [-0.3, -0.25) is 4.79 Å². The van der Waals surface area contributed by atoms with Gasteiger partial charge in [0, 0.05) is 4.88 Å². The first kappa shape index (κ1) is 19.3. The number of ether oxygens (including phenoxy) is 1. The summed E-state index contributed by atoms with van der Waals surface area (Å²) < 4.78 is 5.75. The topological polar surface area (TPSA) is 81.2 Å². The molecule has 0 unspecified atom stereocenters. The minimum Gasteiger partial charge on any atom is -0.465 e. The van der Waals surface area contributed by atoms with Crippen LogP contribution in [0.3, 0.4) is 0 Å². The molecule has 0 fully saturated rings. The number of aryl methyl sites for hydroxylation is 2. The van der Waals surface area contributed by atoms with Crippen molar-refractivity contribution >= 4 is 51.3 Å². The van der Waals surface area contributed by atoms with Crippen molar-refractivity contribution in [1.82, 2.24) is 10.2 Å². The lowest BCUT2D eigenvalue weighted by Crippen LogP contribution is -2.16. The smallest absolute Gasteiger partial charge is 0.341 e. The van der Waals surface area contributed by atoms with Crippen LogP contribution in [0.25, 0.3) is 0 Å². The van der Waals surface area contributed by atoms with Crippen molar-refractivity contribution < 1.29 is 14.3 Å². The van der Waals surface area contributed by atoms with Gasteiger partial charge in [0.15, 0.2) is 4.34 Å². The average molecular weight is 412 g/mol. The number of thioether (sulfide) groups is 1. The predicted octanol–water partition coefficient (Wildman–Crippen LogP) is 4.08. The number of carbonyl (C=O) groups excluding carboxylic acids is 2. The van der Waals surface area contributed by atoms with Gasteiger partial charge in [-0.15, -0.1) is 21.5 Å². The predicted molar refractivity (Wildman–Crippen MR) is 106 cm³/mol. The van der Waals surface area contributed by atoms with E-state index in [9.17, 15) is 9.59 Å². The molecule has 0 radical (unpaired) electrons. The molecule has 1 aliphatic rings. The van der Waals surface area contributed by atoms with E-state index in [-0.39, 0.29) is 17.6 Å². The van der Waals surface area contributed by atoms with Crippen LogP contribution in [0.5, 0.6) is 0 Å². The molecule has 1 aliphatic carbocycles. The molecule has 2 aromatic heterocycles. The standard InChI is InChI=1S/C17H21N3O3S3/c1-10-19-20-17(25-10)24-9-13(21)18-15-14(16(22)23-2)11-7-5-3-4-6-8-12(11)26-15/h3-9H2,1-2H3,(H,18,21). The summed E-state index contributed by atoms with van der Waals surface area (Å²) in [6, 6.07) is 0. The lowest BCUT2D eigenvalue weighted by Gasteiger charge is -2.10. The zero-order chi connectivity index (χ0) is 18.5. The Morgan fingerprint density at radius 1 is 1.15 bits per heavy atom. The molecule has 6 nitrogen and oxygen atoms in total. The Labute approximate surface area is 164 Å². The third-order valence-corrected chi connectivity index (χ3v) is 7.33. The Kier molecular flexibility index (Phi) is 6.66. The third kappa shape index (κ3) is 4.63. The summed E-state index contributed by atoms with van der Waals surface area (Å²) in [6.07, 6.45) is 6.39. The number of nitrogens with zero attached hydrogens (tertiary/aromatic N) is 2. The molecule has 0 atom stereocenters. The zero-order valence-electron chi connectivity index (χ0n) is 14.8. The van der Waals surface area contributed by atoms with Crippen molar-refractivity contribution in [3.63, 3.8) is 0 Å². The molecular weight excluding hydrogens is 390 g/mol. The lowest BCUT2D eigenvalue weighted by atomic mass is 9.96. The maximum atomic E-state index is 12.4. The number of aromatic nitrogens is 2. The van der Waals surface area contributed by atoms with Gasteiger partial charge in [0.05, 0.1) is 18.4 Å². The quantitative estimate of drug-likeness (QED) is 0.590. The molecule has 0 aromatic carbocycles. The van der Waals surface area contributed by atoms with Crippen molar-refractivity contribution in [3.05, 3.63) is 21.0 Å². The molecule has 26 heavy (non-hydrogen) atoms. The van der Waals surface area contributed by atoms with Gasteiger partial charge in [0.2, 0.25) is 5.91 Å². The third-order valence-electron chi connectivity index (χ3n) is 4.15. The van der Waals surface area contributed by atoms with Gasteiger partial charge in [0.1, 0.15) is 10.0 Å². The van der Waals surface area contributed by atoms with Crippen molar-refractivity contribution in [2.75, 3.05) is 18.2 Å². The Hall–Kier alpha value is -1.45. The molecule has 140 valence electrons. The molecule has 9 heteroatoms. The van der Waals surface area contributed by atoms with Crippen LogP contribution in [0.1, 0.15) is 51.5 Å². The van der Waals surface area contributed by atoms with Crippen LogP contribution in [0.2, 0.25) is 0 Å². The van der Waals surface area contributed by atoms with E-state index >= 15 is 0 Å². The van der Waals surface area contributed by atoms with Gasteiger partial charge in [-0.2, -0.15) is 0 Å². The summed E-state index contributed by atoms with van der Waals surface area (Å²) in [4.78, 5) is 25.9. The number of thiophene rings is 1. The molecule has 0 aliphatic heterocycles. The van der Waals surface area contributed by atoms with E-state index in [2.05, 4.69) is 15.5 Å². The van der Waals surface area contributed by atoms with E-state index in [1.807, 2.05) is 6.92 Å². The summed E-state index contributed by atoms with van der Waals surface area (Å²) in [5.41, 5.74) is 1.60. The number of methoxy groups -OCH3 is 1. The highest BCUT2D eigenvalue weighted by Crippen LogP contribution is 2.37. The highest BCUT2D eigenvalue weighted by molar-refractivity contribution is 8.01. The fourth-order valence-electron chi connectivity index (χ4n) is 2.95. The number of esters is 1. The second kappa shape index (κ2) is 8.96. The maximum absolute atomic E-state index is 12.4. The first-order chi connectivity index (χ1) is 12.6. The van der Waals surface area contributed by atoms with E-state index in [1.54, 1.807) is 0 Å². The van der Waals surface area contributed by atoms with Crippen molar-refractivity contribution in [2.45, 2.75) is 49.8 Å². The van der Waals surface area contributed by atoms with Gasteiger partial charge < -0.3 is 10.1 Å². The van der Waals surface area contributed by atoms with Gasteiger partial charge in [-0.1, -0.05) is 35.9 Å². The highest BCUT2D eigenvalue weighted by Gasteiger charge is 2.25. The second-order valence-electron chi connectivity index (χ2n) is 6.04. The minimum absolute atomic E-state index is 0.151. The molecule has 0 bridgehead atoms. The van der Waals surface area contributed by atoms with Crippen LogP contribution in [0.4, 0.5) is 5.00 Å². The fourth-order valence-corrected chi connectivity index (χ4v) is 5.86. The zero-order valence-corrected chi connectivity index (χ0v) is 17.2. The number of rotatable bonds is 5. The van der Waals surface area contributed by atoms with Gasteiger partial charge in [-0.25, -0.2) is 4.79 Å². The Balaban J connectivity index is 1.76. The van der Waals surface area contributed by atoms with Gasteiger partial charge in [0.25, 0.3) is 0 Å². The Morgan fingerprint density at radius 3 is 2.62 bits per heavy atom. The van der Waals surface area contributed by atoms with Crippen molar-refractivity contribution in [2.24, 2.45) is 0 Å². The summed E-state index contributed by atoms with van der Waals surface area (Å²) in [5.74, 6) is -0.286. The van der Waals surface area contributed by atoms with Crippen LogP contribution < -0.4 is 5.32 Å². The SMILES string of the molecule is COC(=O)c1c(NC(=O)CSc2nnc(C)s2)sc2c1CCCCCC2. The summed E-state index contributed by atoms with van der Waals surface area (Å²) >= 11 is 4.33. The normalized spacial score (nSPS) is 14.2. The molecule has 0 saturated carbocycles. The molecule has 1 N–H and O–H groups in total. The molecule has 0 saturated heterocycles. The molecule has 3 rings (SSSR count). The van der Waals surface area contributed by atoms with Crippen LogP contribution >= 0.6 is 34.4 Å². The number of amides is 1. The highest BCUT2D eigenvalue weighted by atomic mass is 32.2. The van der Waals surface area contributed by atoms with Gasteiger partial charge in [-0.05, 0) is 38.2 Å². The second-order valence-corrected chi connectivity index (χ2v) is 9.55. The Bertz CT molecular complexity index is 801. The number of hydrogen-bond acceptors (Lipinski definition) is 8. The number of nitrogens with one attached hydrogen (secondary N) is 1. The lowest BCUT2D eigenvalue weighted by molar-refractivity contribution is -0.113. The fraction of sp³-hybridized carbons (Fsp3) is 0.529. The molecule has 1 amide bonds. The number of anilines is 1. The summed E-state index contributed by atoms with van der Waals surface area (Å²) in [7, 11) is 1.38. The van der Waals surface area contributed by atoms with Gasteiger partial charge >= 0.3 is 5.97 Å². The summed E-state index contributed by atoms with van der Waals surface area (Å²) in [6.45, 7) is 1.88. The van der Waals surface area contributed by atoms with E-state index in [0.717, 1.165) is 40.6 Å². The van der Waals surface area contributed by atoms with Crippen molar-refractivity contribution in [3.8, 4) is 0 Å². The monoisotopic (exact) mass is 411 g/mol. The minimum atomic E-state index is -0.370. The van der Waals surface area contributed by atoms with Crippen LogP contribution in [0, 0.1) is 6.92 Å². The number of fused-ring (bicyclic) bond motifs is 1. The van der Waals surface area contributed by atoms with E-state index in [0.29, 0.717) is 10.6 Å². The van der Waals surface area contributed by atoms with Crippen LogP contribution in [-0.4, -0.2) is 34.9 Å². The van der Waals surface area contributed by atoms with E-state index in [4.69, 9.17) is 4.74 Å². The Morgan fingerprint density at radius 2 is 1.92 bits per heavy atom. The number of hydrogen-bond donors (Lipinski definition) is 1. The molecule has 2 aromatic rings. The molecule has 2 heterocycles. The van der Waals surface area contributed by atoms with E-state index in [1.165, 1.54) is 59.3 Å². The summed E-state index contributed by atoms with van der Waals surface area (Å²) in [5, 5.41) is 12.4. The van der Waals surface area contributed by atoms with Crippen LogP contribution in [0.15, 0.2) is 4.34 Å². The maximum Gasteiger partial charge on any atom is 0.341 e. The van der Waals surface area contributed by atoms with Crippen LogP contribution in [-0.2, 0) is 22.4 Å². The largest absolute Gasteiger partial charge is 0.465 e. The average Bonchev–Trinajstić information content (AvgIpc) is 3.16. The molecular formula is C17H21N3O3S3. The molecule has 0 spiro atoms. The first-order valence-corrected chi connectivity index (χ1v) is 11.2.